The molecule has 1 heterocycles. The summed E-state index contributed by atoms with van der Waals surface area (Å²) in [5, 5.41) is 4.14. The maximum Gasteiger partial charge on any atom is 0.0953 e. The molecule has 0 amide bonds. The second-order valence-corrected chi connectivity index (χ2v) is 5.46. The molecule has 0 radical (unpaired) electrons. The fourth-order valence-electron chi connectivity index (χ4n) is 1.48. The van der Waals surface area contributed by atoms with Crippen molar-refractivity contribution in [1.29, 1.82) is 0 Å². The first-order valence-corrected chi connectivity index (χ1v) is 6.59. The molecule has 0 unspecified atom stereocenters. The molecule has 0 fully saturated rings. The lowest BCUT2D eigenvalue weighted by molar-refractivity contribution is 0.842. The fraction of sp³-hybridized carbons (Fsp3) is 0.308. The quantitative estimate of drug-likeness (QED) is 0.782. The molecule has 0 saturated heterocycles. The summed E-state index contributed by atoms with van der Waals surface area (Å²) in [4.78, 5) is 4.61. The van der Waals surface area contributed by atoms with Crippen molar-refractivity contribution >= 4 is 22.9 Å². The van der Waals surface area contributed by atoms with Gasteiger partial charge >= 0.3 is 0 Å². The highest BCUT2D eigenvalue weighted by Gasteiger charge is 2.06. The number of hydrogen-bond acceptors (Lipinski definition) is 2. The van der Waals surface area contributed by atoms with Gasteiger partial charge in [0, 0.05) is 22.7 Å². The Bertz CT molecular complexity index is 459. The van der Waals surface area contributed by atoms with Gasteiger partial charge in [-0.15, -0.1) is 11.3 Å². The molecule has 0 N–H and O–H groups in total. The maximum atomic E-state index is 5.85. The molecule has 0 bridgehead atoms. The van der Waals surface area contributed by atoms with Crippen LogP contribution in [0.1, 0.15) is 36.0 Å². The number of halogens is 1. The van der Waals surface area contributed by atoms with Gasteiger partial charge in [0.25, 0.3) is 0 Å². The van der Waals surface area contributed by atoms with Gasteiger partial charge in [-0.2, -0.15) is 0 Å². The van der Waals surface area contributed by atoms with Crippen molar-refractivity contribution in [3.63, 3.8) is 0 Å². The number of thiazole rings is 1. The topological polar surface area (TPSA) is 12.9 Å². The monoisotopic (exact) mass is 251 g/mol. The summed E-state index contributed by atoms with van der Waals surface area (Å²) in [7, 11) is 0. The highest BCUT2D eigenvalue weighted by molar-refractivity contribution is 7.09. The van der Waals surface area contributed by atoms with E-state index in [1.165, 1.54) is 10.6 Å². The third kappa shape index (κ3) is 2.83. The second kappa shape index (κ2) is 4.98. The molecule has 0 atom stereocenters. The van der Waals surface area contributed by atoms with Crippen molar-refractivity contribution in [2.24, 2.45) is 0 Å². The van der Waals surface area contributed by atoms with E-state index in [9.17, 15) is 0 Å². The smallest absolute Gasteiger partial charge is 0.0953 e. The normalized spacial score (nSPS) is 11.0. The van der Waals surface area contributed by atoms with Crippen LogP contribution in [0.25, 0.3) is 0 Å². The Morgan fingerprint density at radius 2 is 1.94 bits per heavy atom. The van der Waals surface area contributed by atoms with Gasteiger partial charge in [0.05, 0.1) is 10.7 Å². The molecule has 0 aliphatic heterocycles. The van der Waals surface area contributed by atoms with Gasteiger partial charge in [0.1, 0.15) is 0 Å². The number of hydrogen-bond donors (Lipinski definition) is 0. The molecule has 3 heteroatoms. The summed E-state index contributed by atoms with van der Waals surface area (Å²) in [6.07, 6.45) is 0.889. The van der Waals surface area contributed by atoms with Gasteiger partial charge in [-0.05, 0) is 17.7 Å². The molecule has 2 aromatic rings. The lowest BCUT2D eigenvalue weighted by atomic mass is 10.1. The SMILES string of the molecule is CC(C)c1nc(Cc2ccc(Cl)cc2)cs1. The van der Waals surface area contributed by atoms with E-state index >= 15 is 0 Å². The van der Waals surface area contributed by atoms with E-state index in [1.807, 2.05) is 12.1 Å². The molecule has 1 aromatic heterocycles. The van der Waals surface area contributed by atoms with E-state index in [4.69, 9.17) is 11.6 Å². The summed E-state index contributed by atoms with van der Waals surface area (Å²) in [6, 6.07) is 7.95. The number of aromatic nitrogens is 1. The first-order chi connectivity index (χ1) is 7.65. The Kier molecular flexibility index (Phi) is 3.62. The highest BCUT2D eigenvalue weighted by Crippen LogP contribution is 2.21. The van der Waals surface area contributed by atoms with Crippen LogP contribution in [0.15, 0.2) is 29.6 Å². The van der Waals surface area contributed by atoms with Crippen LogP contribution in [0.4, 0.5) is 0 Å². The van der Waals surface area contributed by atoms with Crippen LogP contribution in [0.2, 0.25) is 5.02 Å². The van der Waals surface area contributed by atoms with Crippen LogP contribution in [0.5, 0.6) is 0 Å². The number of nitrogens with zero attached hydrogens (tertiary/aromatic N) is 1. The predicted octanol–water partition coefficient (Wildman–Crippen LogP) is 4.51. The summed E-state index contributed by atoms with van der Waals surface area (Å²) in [6.45, 7) is 4.34. The molecule has 84 valence electrons. The summed E-state index contributed by atoms with van der Waals surface area (Å²) >= 11 is 7.59. The molecule has 16 heavy (non-hydrogen) atoms. The minimum Gasteiger partial charge on any atom is -0.246 e. The largest absolute Gasteiger partial charge is 0.246 e. The molecule has 0 saturated carbocycles. The first-order valence-electron chi connectivity index (χ1n) is 5.34. The zero-order valence-corrected chi connectivity index (χ0v) is 11.0. The minimum atomic E-state index is 0.518. The molecular weight excluding hydrogens is 238 g/mol. The maximum absolute atomic E-state index is 5.85. The van der Waals surface area contributed by atoms with Crippen molar-refractivity contribution in [3.8, 4) is 0 Å². The minimum absolute atomic E-state index is 0.518. The lowest BCUT2D eigenvalue weighted by Crippen LogP contribution is -1.90. The third-order valence-electron chi connectivity index (χ3n) is 2.36. The van der Waals surface area contributed by atoms with Crippen molar-refractivity contribution in [3.05, 3.63) is 50.9 Å². The zero-order valence-electron chi connectivity index (χ0n) is 9.40. The molecule has 2 rings (SSSR count). The van der Waals surface area contributed by atoms with E-state index in [1.54, 1.807) is 11.3 Å². The second-order valence-electron chi connectivity index (χ2n) is 4.14. The van der Waals surface area contributed by atoms with Gasteiger partial charge in [0.2, 0.25) is 0 Å². The molecule has 1 nitrogen and oxygen atoms in total. The van der Waals surface area contributed by atoms with Gasteiger partial charge < -0.3 is 0 Å². The lowest BCUT2D eigenvalue weighted by Gasteiger charge is -1.99. The van der Waals surface area contributed by atoms with Crippen molar-refractivity contribution in [2.75, 3.05) is 0 Å². The standard InChI is InChI=1S/C13H14ClNS/c1-9(2)13-15-12(8-16-13)7-10-3-5-11(14)6-4-10/h3-6,8-9H,7H2,1-2H3. The Labute approximate surface area is 105 Å². The highest BCUT2D eigenvalue weighted by atomic mass is 35.5. The van der Waals surface area contributed by atoms with Gasteiger partial charge in [-0.25, -0.2) is 4.98 Å². The van der Waals surface area contributed by atoms with Crippen LogP contribution in [0.3, 0.4) is 0 Å². The van der Waals surface area contributed by atoms with Crippen LogP contribution in [-0.4, -0.2) is 4.98 Å². The Morgan fingerprint density at radius 1 is 1.25 bits per heavy atom. The molecule has 0 aliphatic carbocycles. The van der Waals surface area contributed by atoms with E-state index in [2.05, 4.69) is 36.3 Å². The van der Waals surface area contributed by atoms with Crippen LogP contribution in [-0.2, 0) is 6.42 Å². The van der Waals surface area contributed by atoms with Crippen LogP contribution in [0, 0.1) is 0 Å². The zero-order chi connectivity index (χ0) is 11.5. The molecule has 0 aliphatic rings. The van der Waals surface area contributed by atoms with Crippen LogP contribution < -0.4 is 0 Å². The van der Waals surface area contributed by atoms with E-state index in [0.717, 1.165) is 17.1 Å². The number of rotatable bonds is 3. The van der Waals surface area contributed by atoms with E-state index < -0.39 is 0 Å². The fourth-order valence-corrected chi connectivity index (χ4v) is 2.44. The van der Waals surface area contributed by atoms with Crippen molar-refractivity contribution < 1.29 is 0 Å². The summed E-state index contributed by atoms with van der Waals surface area (Å²) < 4.78 is 0. The third-order valence-corrected chi connectivity index (χ3v) is 3.81. The molecular formula is C13H14ClNS. The predicted molar refractivity (Wildman–Crippen MR) is 70.5 cm³/mol. The van der Waals surface area contributed by atoms with Gasteiger partial charge in [0.15, 0.2) is 0 Å². The molecule has 0 spiro atoms. The Morgan fingerprint density at radius 3 is 2.50 bits per heavy atom. The first kappa shape index (κ1) is 11.6. The summed E-state index contributed by atoms with van der Waals surface area (Å²) in [5.74, 6) is 0.518. The van der Waals surface area contributed by atoms with E-state index in [0.29, 0.717) is 5.92 Å². The number of benzene rings is 1. The van der Waals surface area contributed by atoms with Crippen molar-refractivity contribution in [1.82, 2.24) is 4.98 Å². The molecule has 1 aromatic carbocycles. The van der Waals surface area contributed by atoms with Crippen molar-refractivity contribution in [2.45, 2.75) is 26.2 Å². The van der Waals surface area contributed by atoms with E-state index in [-0.39, 0.29) is 0 Å². The average molecular weight is 252 g/mol. The average Bonchev–Trinajstić information content (AvgIpc) is 2.70. The summed E-state index contributed by atoms with van der Waals surface area (Å²) in [5.41, 5.74) is 2.40. The van der Waals surface area contributed by atoms with Gasteiger partial charge in [-0.1, -0.05) is 37.6 Å². The van der Waals surface area contributed by atoms with Crippen LogP contribution >= 0.6 is 22.9 Å². The Balaban J connectivity index is 2.11. The Hall–Kier alpha value is -0.860. The van der Waals surface area contributed by atoms with Gasteiger partial charge in [-0.3, -0.25) is 0 Å².